The first-order valence-electron chi connectivity index (χ1n) is 11.4. The predicted octanol–water partition coefficient (Wildman–Crippen LogP) is 2.61. The molecule has 1 aliphatic carbocycles. The van der Waals surface area contributed by atoms with Crippen LogP contribution in [-0.2, 0) is 24.7 Å². The summed E-state index contributed by atoms with van der Waals surface area (Å²) in [6, 6.07) is 7.18. The number of hydrogen-bond donors (Lipinski definition) is 0. The SMILES string of the molecule is COc1ccc(OCC(=O)N2CCN(c3nc4sc5c(c4c(=O)n3C)CCCC5)CC2)cc1. The summed E-state index contributed by atoms with van der Waals surface area (Å²) in [4.78, 5) is 36.8. The molecule has 9 heteroatoms. The summed E-state index contributed by atoms with van der Waals surface area (Å²) >= 11 is 1.67. The second kappa shape index (κ2) is 9.05. The highest BCUT2D eigenvalue weighted by atomic mass is 32.1. The summed E-state index contributed by atoms with van der Waals surface area (Å²) in [5.41, 5.74) is 1.26. The van der Waals surface area contributed by atoms with Crippen LogP contribution in [0.2, 0.25) is 0 Å². The van der Waals surface area contributed by atoms with Gasteiger partial charge in [-0.05, 0) is 55.5 Å². The maximum absolute atomic E-state index is 13.2. The Bertz CT molecular complexity index is 1230. The summed E-state index contributed by atoms with van der Waals surface area (Å²) in [6.07, 6.45) is 4.35. The van der Waals surface area contributed by atoms with Crippen LogP contribution in [0.1, 0.15) is 23.3 Å². The van der Waals surface area contributed by atoms with Gasteiger partial charge in [0.05, 0.1) is 12.5 Å². The van der Waals surface area contributed by atoms with Crippen molar-refractivity contribution in [2.24, 2.45) is 7.05 Å². The van der Waals surface area contributed by atoms with Crippen LogP contribution in [0.4, 0.5) is 5.95 Å². The number of fused-ring (bicyclic) bond motifs is 3. The Kier molecular flexibility index (Phi) is 5.97. The van der Waals surface area contributed by atoms with Crippen molar-refractivity contribution in [3.63, 3.8) is 0 Å². The van der Waals surface area contributed by atoms with Crippen LogP contribution in [0, 0.1) is 0 Å². The van der Waals surface area contributed by atoms with E-state index in [2.05, 4.69) is 4.90 Å². The van der Waals surface area contributed by atoms with Crippen molar-refractivity contribution in [2.75, 3.05) is 44.8 Å². The van der Waals surface area contributed by atoms with Crippen molar-refractivity contribution in [3.05, 3.63) is 45.1 Å². The number of carbonyl (C=O) groups excluding carboxylic acids is 1. The summed E-state index contributed by atoms with van der Waals surface area (Å²) in [7, 11) is 3.41. The van der Waals surface area contributed by atoms with E-state index >= 15 is 0 Å². The van der Waals surface area contributed by atoms with Crippen molar-refractivity contribution >= 4 is 33.4 Å². The largest absolute Gasteiger partial charge is 0.497 e. The van der Waals surface area contributed by atoms with Gasteiger partial charge in [-0.2, -0.15) is 0 Å². The lowest BCUT2D eigenvalue weighted by Gasteiger charge is -2.35. The molecule has 1 amide bonds. The molecule has 5 rings (SSSR count). The fraction of sp³-hybridized carbons (Fsp3) is 0.458. The zero-order valence-electron chi connectivity index (χ0n) is 19.0. The van der Waals surface area contributed by atoms with Gasteiger partial charge in [-0.15, -0.1) is 11.3 Å². The minimum atomic E-state index is -0.0475. The molecule has 0 N–H and O–H groups in total. The molecule has 1 fully saturated rings. The van der Waals surface area contributed by atoms with Gasteiger partial charge < -0.3 is 19.3 Å². The molecule has 0 unspecified atom stereocenters. The van der Waals surface area contributed by atoms with E-state index in [-0.39, 0.29) is 18.1 Å². The molecule has 1 saturated heterocycles. The van der Waals surface area contributed by atoms with E-state index in [1.54, 1.807) is 59.2 Å². The minimum absolute atomic E-state index is 0.00419. The maximum atomic E-state index is 13.2. The van der Waals surface area contributed by atoms with Gasteiger partial charge in [0.2, 0.25) is 5.95 Å². The van der Waals surface area contributed by atoms with Crippen LogP contribution in [0.15, 0.2) is 29.1 Å². The van der Waals surface area contributed by atoms with Gasteiger partial charge in [-0.25, -0.2) is 4.98 Å². The number of thiophene rings is 1. The standard InChI is InChI=1S/C24H28N4O4S/c1-26-23(30)21-18-5-3-4-6-19(18)33-22(21)25-24(26)28-13-11-27(12-14-28)20(29)15-32-17-9-7-16(31-2)8-10-17/h7-10H,3-6,11-15H2,1-2H3. The maximum Gasteiger partial charge on any atom is 0.263 e. The van der Waals surface area contributed by atoms with Gasteiger partial charge in [0.25, 0.3) is 11.5 Å². The van der Waals surface area contributed by atoms with E-state index in [0.717, 1.165) is 35.2 Å². The molecule has 2 aromatic heterocycles. The van der Waals surface area contributed by atoms with Crippen molar-refractivity contribution < 1.29 is 14.3 Å². The average molecular weight is 469 g/mol. The first-order chi connectivity index (χ1) is 16.0. The highest BCUT2D eigenvalue weighted by Gasteiger charge is 2.26. The first kappa shape index (κ1) is 21.8. The molecule has 1 aromatic carbocycles. The van der Waals surface area contributed by atoms with E-state index in [1.807, 2.05) is 0 Å². The lowest BCUT2D eigenvalue weighted by molar-refractivity contribution is -0.133. The van der Waals surface area contributed by atoms with Crippen LogP contribution >= 0.6 is 11.3 Å². The van der Waals surface area contributed by atoms with Gasteiger partial charge in [0.1, 0.15) is 16.3 Å². The monoisotopic (exact) mass is 468 g/mol. The fourth-order valence-corrected chi connectivity index (χ4v) is 5.87. The minimum Gasteiger partial charge on any atom is -0.497 e. The smallest absolute Gasteiger partial charge is 0.263 e. The predicted molar refractivity (Wildman–Crippen MR) is 129 cm³/mol. The van der Waals surface area contributed by atoms with Crippen molar-refractivity contribution in [3.8, 4) is 11.5 Å². The topological polar surface area (TPSA) is 76.9 Å². The summed E-state index contributed by atoms with van der Waals surface area (Å²) in [5.74, 6) is 2.02. The van der Waals surface area contributed by atoms with Crippen LogP contribution in [0.25, 0.3) is 10.2 Å². The average Bonchev–Trinajstić information content (AvgIpc) is 3.24. The van der Waals surface area contributed by atoms with Crippen LogP contribution < -0.4 is 19.9 Å². The number of methoxy groups -OCH3 is 1. The van der Waals surface area contributed by atoms with E-state index in [1.165, 1.54) is 16.9 Å². The number of anilines is 1. The van der Waals surface area contributed by atoms with E-state index in [0.29, 0.717) is 37.9 Å². The van der Waals surface area contributed by atoms with Crippen molar-refractivity contribution in [1.29, 1.82) is 0 Å². The van der Waals surface area contributed by atoms with Crippen LogP contribution in [0.5, 0.6) is 11.5 Å². The lowest BCUT2D eigenvalue weighted by atomic mass is 9.97. The second-order valence-corrected chi connectivity index (χ2v) is 9.58. The van der Waals surface area contributed by atoms with Crippen LogP contribution in [-0.4, -0.2) is 60.3 Å². The molecule has 174 valence electrons. The molecule has 3 aromatic rings. The Morgan fingerprint density at radius 1 is 1.06 bits per heavy atom. The molecule has 0 spiro atoms. The third kappa shape index (κ3) is 4.17. The molecular weight excluding hydrogens is 440 g/mol. The number of hydrogen-bond acceptors (Lipinski definition) is 7. The van der Waals surface area contributed by atoms with Gasteiger partial charge >= 0.3 is 0 Å². The molecule has 1 aliphatic heterocycles. The van der Waals surface area contributed by atoms with Gasteiger partial charge in [0.15, 0.2) is 6.61 Å². The van der Waals surface area contributed by atoms with Gasteiger partial charge in [0, 0.05) is 38.1 Å². The Morgan fingerprint density at radius 3 is 2.48 bits per heavy atom. The van der Waals surface area contributed by atoms with Crippen molar-refractivity contribution in [1.82, 2.24) is 14.5 Å². The molecule has 0 bridgehead atoms. The molecule has 33 heavy (non-hydrogen) atoms. The Balaban J connectivity index is 1.24. The fourth-order valence-electron chi connectivity index (χ4n) is 4.62. The van der Waals surface area contributed by atoms with E-state index in [4.69, 9.17) is 14.5 Å². The zero-order chi connectivity index (χ0) is 22.9. The molecule has 2 aliphatic rings. The molecule has 0 atom stereocenters. The normalized spacial score (nSPS) is 16.1. The molecule has 0 saturated carbocycles. The molecular formula is C24H28N4O4S. The van der Waals surface area contributed by atoms with Crippen LogP contribution in [0.3, 0.4) is 0 Å². The summed E-state index contributed by atoms with van der Waals surface area (Å²) in [6.45, 7) is 2.39. The summed E-state index contributed by atoms with van der Waals surface area (Å²) in [5, 5.41) is 0.811. The lowest BCUT2D eigenvalue weighted by Crippen LogP contribution is -2.51. The van der Waals surface area contributed by atoms with E-state index in [9.17, 15) is 9.59 Å². The number of aryl methyl sites for hydroxylation is 2. The highest BCUT2D eigenvalue weighted by molar-refractivity contribution is 7.18. The quantitative estimate of drug-likeness (QED) is 0.573. The van der Waals surface area contributed by atoms with Crippen molar-refractivity contribution in [2.45, 2.75) is 25.7 Å². The highest BCUT2D eigenvalue weighted by Crippen LogP contribution is 2.34. The Morgan fingerprint density at radius 2 is 1.76 bits per heavy atom. The number of aromatic nitrogens is 2. The number of amides is 1. The number of benzene rings is 1. The third-order valence-corrected chi connectivity index (χ3v) is 7.70. The van der Waals surface area contributed by atoms with Gasteiger partial charge in [-0.3, -0.25) is 14.2 Å². The number of rotatable bonds is 5. The first-order valence-corrected chi connectivity index (χ1v) is 12.2. The molecule has 3 heterocycles. The number of ether oxygens (including phenoxy) is 2. The molecule has 0 radical (unpaired) electrons. The zero-order valence-corrected chi connectivity index (χ0v) is 19.8. The van der Waals surface area contributed by atoms with E-state index < -0.39 is 0 Å². The second-order valence-electron chi connectivity index (χ2n) is 8.50. The number of carbonyl (C=O) groups is 1. The summed E-state index contributed by atoms with van der Waals surface area (Å²) < 4.78 is 12.4. The Labute approximate surface area is 196 Å². The molecule has 8 nitrogen and oxygen atoms in total. The number of nitrogens with zero attached hydrogens (tertiary/aromatic N) is 4. The Hall–Kier alpha value is -3.07. The van der Waals surface area contributed by atoms with Gasteiger partial charge in [-0.1, -0.05) is 0 Å². The number of piperazine rings is 1. The third-order valence-electron chi connectivity index (χ3n) is 6.51.